The normalized spacial score (nSPS) is 13.7. The monoisotopic (exact) mass is 820 g/mol. The summed E-state index contributed by atoms with van der Waals surface area (Å²) in [6, 6.07) is 44.9. The van der Waals surface area contributed by atoms with Gasteiger partial charge in [0.05, 0.1) is 22.3 Å². The maximum atomic E-state index is 12.5. The minimum Gasteiger partial charge on any atom is -0.507 e. The number of nitrogens with zero attached hydrogens (tertiary/aromatic N) is 3. The van der Waals surface area contributed by atoms with E-state index in [1.54, 1.807) is 18.3 Å². The predicted molar refractivity (Wildman–Crippen MR) is 263 cm³/mol. The average Bonchev–Trinajstić information content (AvgIpc) is 3.64. The van der Waals surface area contributed by atoms with Gasteiger partial charge in [-0.3, -0.25) is 9.55 Å². The second kappa shape index (κ2) is 15.9. The molecule has 0 unspecified atom stereocenters. The molecule has 1 N–H and O–H groups in total. The van der Waals surface area contributed by atoms with Gasteiger partial charge in [0.1, 0.15) is 11.6 Å². The van der Waals surface area contributed by atoms with Crippen LogP contribution in [0.2, 0.25) is 0 Å². The predicted octanol–water partition coefficient (Wildman–Crippen LogP) is 15.8. The van der Waals surface area contributed by atoms with Crippen molar-refractivity contribution in [3.63, 3.8) is 0 Å². The molecule has 0 radical (unpaired) electrons. The SMILES string of the molecule is [2H]C([2H])([2H])c1ccc(-c2ccnc(-c3cc(-c4cccc5c4nc(-c4cc(C(C)(C)C)cc(C(C)(C)C)c4O)n5-c4cc(-c5ccccc5)cc(C([2H])(C)C)c4)cc(C(C)(C)C)c3)c2)cc1. The molecule has 314 valence electrons. The first-order valence-electron chi connectivity index (χ1n) is 23.6. The number of rotatable bonds is 7. The van der Waals surface area contributed by atoms with E-state index >= 15 is 0 Å². The van der Waals surface area contributed by atoms with Gasteiger partial charge in [-0.2, -0.15) is 0 Å². The minimum absolute atomic E-state index is 0.199. The summed E-state index contributed by atoms with van der Waals surface area (Å²) in [4.78, 5) is 10.5. The molecule has 0 saturated carbocycles. The lowest BCUT2D eigenvalue weighted by Gasteiger charge is -2.27. The number of imidazole rings is 1. The summed E-state index contributed by atoms with van der Waals surface area (Å²) in [5.41, 5.74) is 14.1. The van der Waals surface area contributed by atoms with Gasteiger partial charge in [0, 0.05) is 34.1 Å². The van der Waals surface area contributed by atoms with Crippen molar-refractivity contribution in [3.05, 3.63) is 167 Å². The molecule has 0 saturated heterocycles. The van der Waals surface area contributed by atoms with Crippen LogP contribution >= 0.6 is 0 Å². The van der Waals surface area contributed by atoms with E-state index in [1.807, 2.05) is 50.2 Å². The summed E-state index contributed by atoms with van der Waals surface area (Å²) in [6.07, 6.45) is 1.81. The van der Waals surface area contributed by atoms with E-state index in [0.29, 0.717) is 17.0 Å². The Balaban J connectivity index is 1.42. The zero-order chi connectivity index (χ0) is 47.7. The number of pyridine rings is 1. The number of fused-ring (bicyclic) bond motifs is 1. The highest BCUT2D eigenvalue weighted by molar-refractivity contribution is 5.97. The molecule has 2 heterocycles. The Kier molecular flexibility index (Phi) is 9.61. The number of para-hydroxylation sites is 1. The molecule has 62 heavy (non-hydrogen) atoms. The molecule has 4 nitrogen and oxygen atoms in total. The summed E-state index contributed by atoms with van der Waals surface area (Å²) >= 11 is 0. The van der Waals surface area contributed by atoms with Gasteiger partial charge in [-0.25, -0.2) is 4.98 Å². The number of benzene rings is 6. The van der Waals surface area contributed by atoms with Gasteiger partial charge in [0.25, 0.3) is 0 Å². The van der Waals surface area contributed by atoms with Crippen molar-refractivity contribution in [2.24, 2.45) is 0 Å². The lowest BCUT2D eigenvalue weighted by molar-refractivity contribution is 0.446. The van der Waals surface area contributed by atoms with Crippen LogP contribution in [0.3, 0.4) is 0 Å². The second-order valence-electron chi connectivity index (χ2n) is 20.1. The summed E-state index contributed by atoms with van der Waals surface area (Å²) in [5, 5.41) is 12.5. The van der Waals surface area contributed by atoms with Crippen LogP contribution in [0.25, 0.3) is 72.7 Å². The largest absolute Gasteiger partial charge is 0.507 e. The molecule has 0 aliphatic heterocycles. The summed E-state index contributed by atoms with van der Waals surface area (Å²) < 4.78 is 35.0. The van der Waals surface area contributed by atoms with Gasteiger partial charge in [0.2, 0.25) is 0 Å². The number of hydrogen-bond donors (Lipinski definition) is 1. The summed E-state index contributed by atoms with van der Waals surface area (Å²) in [5.74, 6) is -0.105. The number of phenolic OH excluding ortho intramolecular Hbond substituents is 1. The highest BCUT2D eigenvalue weighted by Crippen LogP contribution is 2.45. The summed E-state index contributed by atoms with van der Waals surface area (Å²) in [6.45, 7) is 21.3. The van der Waals surface area contributed by atoms with Crippen LogP contribution < -0.4 is 0 Å². The maximum Gasteiger partial charge on any atom is 0.149 e. The lowest BCUT2D eigenvalue weighted by atomic mass is 9.79. The Labute approximate surface area is 375 Å². The Morgan fingerprint density at radius 1 is 0.581 bits per heavy atom. The van der Waals surface area contributed by atoms with Crippen LogP contribution in [0.4, 0.5) is 0 Å². The first kappa shape index (κ1) is 37.5. The van der Waals surface area contributed by atoms with Gasteiger partial charge in [-0.1, -0.05) is 167 Å². The number of aromatic hydroxyl groups is 1. The number of aromatic nitrogens is 3. The smallest absolute Gasteiger partial charge is 0.149 e. The molecule has 6 aromatic carbocycles. The molecule has 0 fully saturated rings. The number of aryl methyl sites for hydroxylation is 1. The first-order chi connectivity index (χ1) is 30.8. The zero-order valence-electron chi connectivity index (χ0n) is 42.1. The fourth-order valence-corrected chi connectivity index (χ4v) is 8.20. The molecule has 0 atom stereocenters. The minimum atomic E-state index is -2.18. The Morgan fingerprint density at radius 3 is 1.92 bits per heavy atom. The van der Waals surface area contributed by atoms with E-state index in [9.17, 15) is 6.48 Å². The molecule has 0 spiro atoms. The first-order valence-corrected chi connectivity index (χ1v) is 21.6. The maximum absolute atomic E-state index is 12.5. The number of hydrogen-bond acceptors (Lipinski definition) is 3. The van der Waals surface area contributed by atoms with Crippen molar-refractivity contribution >= 4 is 11.0 Å². The Hall–Kier alpha value is -6.26. The highest BCUT2D eigenvalue weighted by atomic mass is 16.3. The highest BCUT2D eigenvalue weighted by Gasteiger charge is 2.29. The molecule has 0 amide bonds. The fraction of sp³-hybridized carbons (Fsp3) is 0.276. The van der Waals surface area contributed by atoms with Crippen molar-refractivity contribution in [1.29, 1.82) is 0 Å². The van der Waals surface area contributed by atoms with E-state index in [0.717, 1.165) is 83.6 Å². The van der Waals surface area contributed by atoms with Gasteiger partial charge in [-0.05, 0) is 122 Å². The standard InChI is InChI=1S/C58H61N3O/c1-36(2)41-27-42(38-17-14-13-15-18-38)32-47(31-41)61-52-20-16-19-48(53(52)60-55(61)49-34-46(57(7,8)9)35-50(54(49)62)58(10,11)12)43-28-44(30-45(29-43)56(4,5)6)51-33-40(25-26-59-51)39-23-21-37(3)22-24-39/h13-36,62H,1-12H3/i3D3,36D. The summed E-state index contributed by atoms with van der Waals surface area (Å²) in [7, 11) is 0. The third kappa shape index (κ3) is 8.36. The van der Waals surface area contributed by atoms with Gasteiger partial charge in [-0.15, -0.1) is 0 Å². The molecule has 2 aromatic heterocycles. The Morgan fingerprint density at radius 2 is 1.26 bits per heavy atom. The Bertz CT molecular complexity index is 3100. The van der Waals surface area contributed by atoms with Crippen molar-refractivity contribution in [1.82, 2.24) is 14.5 Å². The quantitative estimate of drug-likeness (QED) is 0.174. The number of phenols is 1. The molecule has 8 rings (SSSR count). The van der Waals surface area contributed by atoms with E-state index < -0.39 is 12.7 Å². The molecular weight excluding hydrogens is 755 g/mol. The van der Waals surface area contributed by atoms with Crippen molar-refractivity contribution in [2.45, 2.75) is 105 Å². The molecule has 0 aliphatic carbocycles. The second-order valence-corrected chi connectivity index (χ2v) is 20.1. The third-order valence-corrected chi connectivity index (χ3v) is 12.0. The van der Waals surface area contributed by atoms with E-state index in [4.69, 9.17) is 14.1 Å². The van der Waals surface area contributed by atoms with Crippen LogP contribution in [-0.2, 0) is 16.2 Å². The van der Waals surface area contributed by atoms with Crippen LogP contribution in [0.5, 0.6) is 5.75 Å². The topological polar surface area (TPSA) is 50.9 Å². The van der Waals surface area contributed by atoms with Crippen LogP contribution in [0.15, 0.2) is 140 Å². The third-order valence-electron chi connectivity index (χ3n) is 12.0. The van der Waals surface area contributed by atoms with Crippen LogP contribution in [-0.4, -0.2) is 19.6 Å². The molecule has 0 bridgehead atoms. The van der Waals surface area contributed by atoms with E-state index in [1.165, 1.54) is 0 Å². The lowest BCUT2D eigenvalue weighted by Crippen LogP contribution is -2.17. The van der Waals surface area contributed by atoms with Crippen molar-refractivity contribution in [3.8, 4) is 67.5 Å². The van der Waals surface area contributed by atoms with E-state index in [-0.39, 0.29) is 22.0 Å². The molecule has 4 heteroatoms. The molecule has 8 aromatic rings. The van der Waals surface area contributed by atoms with Gasteiger partial charge in [0.15, 0.2) is 0 Å². The van der Waals surface area contributed by atoms with Gasteiger partial charge >= 0.3 is 0 Å². The molecular formula is C58H61N3O. The van der Waals surface area contributed by atoms with Crippen molar-refractivity contribution < 1.29 is 10.6 Å². The zero-order valence-corrected chi connectivity index (χ0v) is 38.1. The van der Waals surface area contributed by atoms with E-state index in [2.05, 4.69) is 152 Å². The van der Waals surface area contributed by atoms with Crippen molar-refractivity contribution in [2.75, 3.05) is 0 Å². The fourth-order valence-electron chi connectivity index (χ4n) is 8.20. The van der Waals surface area contributed by atoms with Crippen LogP contribution in [0, 0.1) is 6.85 Å². The van der Waals surface area contributed by atoms with Gasteiger partial charge < -0.3 is 5.11 Å². The molecule has 0 aliphatic rings. The average molecular weight is 820 g/mol. The van der Waals surface area contributed by atoms with Crippen LogP contribution in [0.1, 0.15) is 115 Å².